The van der Waals surface area contributed by atoms with Crippen molar-refractivity contribution in [1.29, 1.82) is 0 Å². The predicted molar refractivity (Wildman–Crippen MR) is 57.7 cm³/mol. The Labute approximate surface area is 82.5 Å². The van der Waals surface area contributed by atoms with E-state index in [4.69, 9.17) is 5.73 Å². The van der Waals surface area contributed by atoms with Crippen LogP contribution in [0.25, 0.3) is 0 Å². The van der Waals surface area contributed by atoms with E-state index in [1.807, 2.05) is 0 Å². The summed E-state index contributed by atoms with van der Waals surface area (Å²) in [5, 5.41) is 0. The van der Waals surface area contributed by atoms with Crippen LogP contribution in [0.4, 0.5) is 0 Å². The van der Waals surface area contributed by atoms with Gasteiger partial charge >= 0.3 is 0 Å². The van der Waals surface area contributed by atoms with Gasteiger partial charge in [0.05, 0.1) is 0 Å². The zero-order valence-corrected chi connectivity index (χ0v) is 9.51. The Morgan fingerprint density at radius 1 is 1.38 bits per heavy atom. The molecule has 2 heteroatoms. The van der Waals surface area contributed by atoms with Gasteiger partial charge in [-0.1, -0.05) is 20.8 Å². The van der Waals surface area contributed by atoms with Gasteiger partial charge in [0.1, 0.15) is 0 Å². The topological polar surface area (TPSA) is 29.3 Å². The molecule has 2 unspecified atom stereocenters. The van der Waals surface area contributed by atoms with E-state index in [1.165, 1.54) is 19.4 Å². The lowest BCUT2D eigenvalue weighted by atomic mass is 9.77. The maximum absolute atomic E-state index is 5.74. The summed E-state index contributed by atoms with van der Waals surface area (Å²) in [6.07, 6.45) is 2.55. The second-order valence-corrected chi connectivity index (χ2v) is 5.49. The Morgan fingerprint density at radius 2 is 2.00 bits per heavy atom. The normalized spacial score (nSPS) is 32.1. The molecule has 0 aromatic heterocycles. The van der Waals surface area contributed by atoms with E-state index in [9.17, 15) is 0 Å². The maximum atomic E-state index is 5.74. The maximum Gasteiger partial charge on any atom is 0.0144 e. The van der Waals surface area contributed by atoms with Crippen LogP contribution >= 0.6 is 0 Å². The van der Waals surface area contributed by atoms with Gasteiger partial charge in [0.25, 0.3) is 0 Å². The molecule has 1 saturated heterocycles. The highest BCUT2D eigenvalue weighted by molar-refractivity contribution is 4.87. The quantitative estimate of drug-likeness (QED) is 0.672. The highest BCUT2D eigenvalue weighted by Crippen LogP contribution is 2.32. The third-order valence-electron chi connectivity index (χ3n) is 3.31. The van der Waals surface area contributed by atoms with Crippen LogP contribution in [0.5, 0.6) is 0 Å². The smallest absolute Gasteiger partial charge is 0.0144 e. The van der Waals surface area contributed by atoms with Gasteiger partial charge in [-0.2, -0.15) is 0 Å². The van der Waals surface area contributed by atoms with Gasteiger partial charge in [-0.05, 0) is 44.3 Å². The second kappa shape index (κ2) is 3.97. The number of likely N-dealkylation sites (tertiary alicyclic amines) is 1. The molecule has 0 spiro atoms. The molecule has 2 nitrogen and oxygen atoms in total. The monoisotopic (exact) mass is 184 g/mol. The summed E-state index contributed by atoms with van der Waals surface area (Å²) in [6, 6.07) is 0.704. The second-order valence-electron chi connectivity index (χ2n) is 5.49. The lowest BCUT2D eigenvalue weighted by Gasteiger charge is -2.44. The van der Waals surface area contributed by atoms with Gasteiger partial charge in [-0.25, -0.2) is 0 Å². The van der Waals surface area contributed by atoms with Crippen LogP contribution in [0.2, 0.25) is 0 Å². The zero-order chi connectivity index (χ0) is 10.1. The van der Waals surface area contributed by atoms with Crippen LogP contribution in [0.15, 0.2) is 0 Å². The molecule has 0 aromatic rings. The van der Waals surface area contributed by atoms with Gasteiger partial charge in [-0.15, -0.1) is 0 Å². The van der Waals surface area contributed by atoms with Gasteiger partial charge < -0.3 is 10.6 Å². The molecule has 78 valence electrons. The van der Waals surface area contributed by atoms with Gasteiger partial charge in [0.2, 0.25) is 0 Å². The first kappa shape index (κ1) is 11.0. The number of nitrogens with zero attached hydrogens (tertiary/aromatic N) is 1. The molecule has 0 aromatic carbocycles. The predicted octanol–water partition coefficient (Wildman–Crippen LogP) is 1.70. The van der Waals surface area contributed by atoms with Crippen molar-refractivity contribution in [2.45, 2.75) is 39.7 Å². The Kier molecular flexibility index (Phi) is 3.36. The van der Waals surface area contributed by atoms with Crippen molar-refractivity contribution in [1.82, 2.24) is 4.90 Å². The standard InChI is InChI=1S/C11H24N2/c1-11(2,3)10-7-9(8-12)5-6-13(10)4/h9-10H,5-8,12H2,1-4H3. The summed E-state index contributed by atoms with van der Waals surface area (Å²) in [5.41, 5.74) is 6.13. The molecular weight excluding hydrogens is 160 g/mol. The summed E-state index contributed by atoms with van der Waals surface area (Å²) in [4.78, 5) is 2.49. The number of hydrogen-bond acceptors (Lipinski definition) is 2. The molecular formula is C11H24N2. The first-order chi connectivity index (χ1) is 5.95. The van der Waals surface area contributed by atoms with E-state index in [0.717, 1.165) is 12.5 Å². The van der Waals surface area contributed by atoms with Crippen molar-refractivity contribution in [3.63, 3.8) is 0 Å². The van der Waals surface area contributed by atoms with E-state index < -0.39 is 0 Å². The Bertz CT molecular complexity index is 160. The molecule has 1 aliphatic heterocycles. The van der Waals surface area contributed by atoms with Crippen molar-refractivity contribution >= 4 is 0 Å². The molecule has 1 heterocycles. The molecule has 0 radical (unpaired) electrons. The summed E-state index contributed by atoms with van der Waals surface area (Å²) in [6.45, 7) is 9.05. The zero-order valence-electron chi connectivity index (χ0n) is 9.51. The average molecular weight is 184 g/mol. The first-order valence-corrected chi connectivity index (χ1v) is 5.35. The van der Waals surface area contributed by atoms with Crippen LogP contribution in [-0.2, 0) is 0 Å². The van der Waals surface area contributed by atoms with Crippen LogP contribution in [-0.4, -0.2) is 31.1 Å². The molecule has 2 N–H and O–H groups in total. The van der Waals surface area contributed by atoms with Gasteiger partial charge in [0.15, 0.2) is 0 Å². The van der Waals surface area contributed by atoms with E-state index in [2.05, 4.69) is 32.7 Å². The Balaban J connectivity index is 2.60. The molecule has 1 rings (SSSR count). The summed E-state index contributed by atoms with van der Waals surface area (Å²) >= 11 is 0. The van der Waals surface area contributed by atoms with Gasteiger partial charge in [-0.3, -0.25) is 0 Å². The molecule has 0 bridgehead atoms. The van der Waals surface area contributed by atoms with E-state index >= 15 is 0 Å². The van der Waals surface area contributed by atoms with Crippen LogP contribution in [0, 0.1) is 11.3 Å². The summed E-state index contributed by atoms with van der Waals surface area (Å²) < 4.78 is 0. The van der Waals surface area contributed by atoms with E-state index in [-0.39, 0.29) is 0 Å². The Morgan fingerprint density at radius 3 is 2.46 bits per heavy atom. The molecule has 2 atom stereocenters. The summed E-state index contributed by atoms with van der Waals surface area (Å²) in [7, 11) is 2.24. The number of nitrogens with two attached hydrogens (primary N) is 1. The lowest BCUT2D eigenvalue weighted by molar-refractivity contribution is 0.0622. The number of rotatable bonds is 1. The van der Waals surface area contributed by atoms with Crippen LogP contribution in [0.1, 0.15) is 33.6 Å². The Hall–Kier alpha value is -0.0800. The van der Waals surface area contributed by atoms with E-state index in [1.54, 1.807) is 0 Å². The fraction of sp³-hybridized carbons (Fsp3) is 1.00. The fourth-order valence-electron chi connectivity index (χ4n) is 2.38. The minimum Gasteiger partial charge on any atom is -0.330 e. The lowest BCUT2D eigenvalue weighted by Crippen LogP contribution is -2.48. The van der Waals surface area contributed by atoms with Crippen molar-refractivity contribution in [3.8, 4) is 0 Å². The van der Waals surface area contributed by atoms with Crippen molar-refractivity contribution in [3.05, 3.63) is 0 Å². The highest BCUT2D eigenvalue weighted by atomic mass is 15.1. The SMILES string of the molecule is CN1CCC(CN)CC1C(C)(C)C. The van der Waals surface area contributed by atoms with E-state index in [0.29, 0.717) is 11.5 Å². The van der Waals surface area contributed by atoms with Crippen molar-refractivity contribution in [2.75, 3.05) is 20.1 Å². The third-order valence-corrected chi connectivity index (χ3v) is 3.31. The fourth-order valence-corrected chi connectivity index (χ4v) is 2.38. The minimum absolute atomic E-state index is 0.391. The average Bonchev–Trinajstić information content (AvgIpc) is 2.03. The first-order valence-electron chi connectivity index (χ1n) is 5.35. The largest absolute Gasteiger partial charge is 0.330 e. The van der Waals surface area contributed by atoms with Gasteiger partial charge in [0, 0.05) is 6.04 Å². The third kappa shape index (κ3) is 2.68. The minimum atomic E-state index is 0.391. The molecule has 0 saturated carbocycles. The van der Waals surface area contributed by atoms with Crippen molar-refractivity contribution < 1.29 is 0 Å². The van der Waals surface area contributed by atoms with Crippen LogP contribution < -0.4 is 5.73 Å². The van der Waals surface area contributed by atoms with Crippen LogP contribution in [0.3, 0.4) is 0 Å². The summed E-state index contributed by atoms with van der Waals surface area (Å²) in [5.74, 6) is 0.750. The molecule has 1 aliphatic rings. The van der Waals surface area contributed by atoms with Crippen molar-refractivity contribution in [2.24, 2.45) is 17.1 Å². The number of piperidine rings is 1. The molecule has 13 heavy (non-hydrogen) atoms. The molecule has 0 aliphatic carbocycles. The molecule has 1 fully saturated rings. The molecule has 0 amide bonds. The highest BCUT2D eigenvalue weighted by Gasteiger charge is 2.33. The number of hydrogen-bond donors (Lipinski definition) is 1.